The Morgan fingerprint density at radius 1 is 1.24 bits per heavy atom. The maximum absolute atomic E-state index is 12.5. The number of carbonyl (C=O) groups excluding carboxylic acids is 1. The quantitative estimate of drug-likeness (QED) is 0.755. The van der Waals surface area contributed by atoms with Crippen molar-refractivity contribution in [3.63, 3.8) is 0 Å². The predicted octanol–water partition coefficient (Wildman–Crippen LogP) is 1.31. The normalized spacial score (nSPS) is 12.5. The first kappa shape index (κ1) is 18.7. The van der Waals surface area contributed by atoms with Crippen molar-refractivity contribution in [3.05, 3.63) is 30.0 Å². The molecule has 1 heterocycles. The van der Waals surface area contributed by atoms with E-state index in [1.807, 2.05) is 0 Å². The van der Waals surface area contributed by atoms with Crippen LogP contribution in [0.4, 0.5) is 5.82 Å². The van der Waals surface area contributed by atoms with Crippen LogP contribution < -0.4 is 19.5 Å². The molecular weight excluding hydrogens is 350 g/mol. The van der Waals surface area contributed by atoms with Crippen molar-refractivity contribution in [1.29, 1.82) is 0 Å². The highest BCUT2D eigenvalue weighted by molar-refractivity contribution is 7.89. The maximum Gasteiger partial charge on any atom is 0.244 e. The molecule has 25 heavy (non-hydrogen) atoms. The number of aromatic nitrogens is 1. The maximum atomic E-state index is 12.5. The molecule has 1 amide bonds. The van der Waals surface area contributed by atoms with Gasteiger partial charge in [0.25, 0.3) is 0 Å². The molecule has 0 saturated carbocycles. The van der Waals surface area contributed by atoms with Gasteiger partial charge in [-0.25, -0.2) is 8.42 Å². The van der Waals surface area contributed by atoms with E-state index in [9.17, 15) is 13.2 Å². The summed E-state index contributed by atoms with van der Waals surface area (Å²) in [4.78, 5) is 12.0. The van der Waals surface area contributed by atoms with Crippen molar-refractivity contribution in [2.24, 2.45) is 0 Å². The number of amides is 1. The van der Waals surface area contributed by atoms with Crippen LogP contribution in [0.1, 0.15) is 12.7 Å². The van der Waals surface area contributed by atoms with Crippen LogP contribution in [0, 0.1) is 6.92 Å². The number of anilines is 1. The molecule has 9 nitrogen and oxygen atoms in total. The number of carbonyl (C=O) groups is 1. The van der Waals surface area contributed by atoms with Gasteiger partial charge >= 0.3 is 0 Å². The molecule has 0 unspecified atom stereocenters. The molecule has 1 atom stereocenters. The van der Waals surface area contributed by atoms with E-state index in [1.165, 1.54) is 45.4 Å². The molecule has 0 aliphatic heterocycles. The van der Waals surface area contributed by atoms with Crippen LogP contribution in [0.15, 0.2) is 33.7 Å². The van der Waals surface area contributed by atoms with Crippen molar-refractivity contribution in [3.8, 4) is 11.5 Å². The lowest BCUT2D eigenvalue weighted by Crippen LogP contribution is -2.41. The lowest BCUT2D eigenvalue weighted by molar-refractivity contribution is -0.117. The smallest absolute Gasteiger partial charge is 0.244 e. The van der Waals surface area contributed by atoms with Crippen LogP contribution >= 0.6 is 0 Å². The molecule has 10 heteroatoms. The highest BCUT2D eigenvalue weighted by Gasteiger charge is 2.25. The van der Waals surface area contributed by atoms with E-state index >= 15 is 0 Å². The van der Waals surface area contributed by atoms with Crippen LogP contribution in [0.2, 0.25) is 0 Å². The lowest BCUT2D eigenvalue weighted by Gasteiger charge is -2.15. The van der Waals surface area contributed by atoms with Gasteiger partial charge in [-0.15, -0.1) is 0 Å². The van der Waals surface area contributed by atoms with E-state index in [0.717, 1.165) is 0 Å². The molecule has 2 rings (SSSR count). The molecule has 0 fully saturated rings. The Bertz CT molecular complexity index is 862. The SMILES string of the molecule is COc1ccc(S(=O)(=O)N[C@@H](C)C(=O)Nc2cc(C)on2)c(OC)c1. The van der Waals surface area contributed by atoms with Crippen LogP contribution in [0.3, 0.4) is 0 Å². The van der Waals surface area contributed by atoms with Crippen LogP contribution in [-0.2, 0) is 14.8 Å². The molecule has 0 bridgehead atoms. The zero-order valence-electron chi connectivity index (χ0n) is 14.2. The van der Waals surface area contributed by atoms with Crippen molar-refractivity contribution in [1.82, 2.24) is 9.88 Å². The van der Waals surface area contributed by atoms with Crippen molar-refractivity contribution < 1.29 is 27.2 Å². The highest BCUT2D eigenvalue weighted by atomic mass is 32.2. The van der Waals surface area contributed by atoms with E-state index in [1.54, 1.807) is 6.92 Å². The molecule has 2 N–H and O–H groups in total. The monoisotopic (exact) mass is 369 g/mol. The molecule has 136 valence electrons. The fourth-order valence-corrected chi connectivity index (χ4v) is 3.36. The summed E-state index contributed by atoms with van der Waals surface area (Å²) in [5.41, 5.74) is 0. The standard InChI is InChI=1S/C15H19N3O6S/c1-9-7-14(17-24-9)16-15(19)10(2)18-25(20,21)13-6-5-11(22-3)8-12(13)23-4/h5-8,10,18H,1-4H3,(H,16,17,19)/t10-/m0/s1. The van der Waals surface area contributed by atoms with E-state index in [0.29, 0.717) is 11.5 Å². The third kappa shape index (κ3) is 4.48. The van der Waals surface area contributed by atoms with Gasteiger partial charge < -0.3 is 19.3 Å². The average molecular weight is 369 g/mol. The number of nitrogens with zero attached hydrogens (tertiary/aromatic N) is 1. The highest BCUT2D eigenvalue weighted by Crippen LogP contribution is 2.28. The largest absolute Gasteiger partial charge is 0.497 e. The van der Waals surface area contributed by atoms with Crippen molar-refractivity contribution >= 4 is 21.7 Å². The Morgan fingerprint density at radius 3 is 2.52 bits per heavy atom. The summed E-state index contributed by atoms with van der Waals surface area (Å²) >= 11 is 0. The Balaban J connectivity index is 2.15. The first-order valence-electron chi connectivity index (χ1n) is 7.25. The van der Waals surface area contributed by atoms with Gasteiger partial charge in [-0.05, 0) is 26.0 Å². The molecule has 0 aliphatic rings. The topological polar surface area (TPSA) is 120 Å². The number of hydrogen-bond donors (Lipinski definition) is 2. The van der Waals surface area contributed by atoms with E-state index < -0.39 is 22.0 Å². The molecule has 0 saturated heterocycles. The number of rotatable bonds is 7. The summed E-state index contributed by atoms with van der Waals surface area (Å²) in [6.07, 6.45) is 0. The minimum atomic E-state index is -3.99. The molecule has 1 aromatic carbocycles. The Morgan fingerprint density at radius 2 is 1.96 bits per heavy atom. The van der Waals surface area contributed by atoms with Gasteiger partial charge in [0.1, 0.15) is 22.2 Å². The minimum Gasteiger partial charge on any atom is -0.497 e. The number of methoxy groups -OCH3 is 2. The molecule has 1 aromatic heterocycles. The van der Waals surface area contributed by atoms with Crippen LogP contribution in [0.5, 0.6) is 11.5 Å². The number of nitrogens with one attached hydrogen (secondary N) is 2. The van der Waals surface area contributed by atoms with E-state index in [4.69, 9.17) is 14.0 Å². The van der Waals surface area contributed by atoms with Crippen LogP contribution in [-0.4, -0.2) is 39.7 Å². The van der Waals surface area contributed by atoms with E-state index in [2.05, 4.69) is 15.2 Å². The van der Waals surface area contributed by atoms with Gasteiger partial charge in [0.15, 0.2) is 5.82 Å². The molecule has 0 radical (unpaired) electrons. The van der Waals surface area contributed by atoms with Gasteiger partial charge in [-0.3, -0.25) is 4.79 Å². The molecule has 2 aromatic rings. The number of ether oxygens (including phenoxy) is 2. The third-order valence-corrected chi connectivity index (χ3v) is 4.84. The van der Waals surface area contributed by atoms with Gasteiger partial charge in [-0.2, -0.15) is 4.72 Å². The van der Waals surface area contributed by atoms with Gasteiger partial charge in [-0.1, -0.05) is 5.16 Å². The molecule has 0 aliphatic carbocycles. The first-order chi connectivity index (χ1) is 11.8. The molecular formula is C15H19N3O6S. The fraction of sp³-hybridized carbons (Fsp3) is 0.333. The second-order valence-electron chi connectivity index (χ2n) is 5.17. The number of sulfonamides is 1. The fourth-order valence-electron chi connectivity index (χ4n) is 2.01. The Labute approximate surface area is 145 Å². The lowest BCUT2D eigenvalue weighted by atomic mass is 10.3. The van der Waals surface area contributed by atoms with Gasteiger partial charge in [0.2, 0.25) is 15.9 Å². The summed E-state index contributed by atoms with van der Waals surface area (Å²) in [5.74, 6) is 0.695. The van der Waals surface area contributed by atoms with Crippen LogP contribution in [0.25, 0.3) is 0 Å². The minimum absolute atomic E-state index is 0.103. The zero-order chi connectivity index (χ0) is 18.6. The molecule has 0 spiro atoms. The summed E-state index contributed by atoms with van der Waals surface area (Å²) in [6, 6.07) is 4.74. The summed E-state index contributed by atoms with van der Waals surface area (Å²) in [6.45, 7) is 3.08. The summed E-state index contributed by atoms with van der Waals surface area (Å²) in [7, 11) is -1.19. The second kappa shape index (κ2) is 7.53. The number of hydrogen-bond acceptors (Lipinski definition) is 7. The van der Waals surface area contributed by atoms with Gasteiger partial charge in [0.05, 0.1) is 20.3 Å². The second-order valence-corrected chi connectivity index (χ2v) is 6.85. The Hall–Kier alpha value is -2.59. The average Bonchev–Trinajstić information content (AvgIpc) is 2.98. The number of benzene rings is 1. The zero-order valence-corrected chi connectivity index (χ0v) is 15.0. The first-order valence-corrected chi connectivity index (χ1v) is 8.73. The van der Waals surface area contributed by atoms with Gasteiger partial charge in [0, 0.05) is 12.1 Å². The summed E-state index contributed by atoms with van der Waals surface area (Å²) in [5, 5.41) is 6.08. The third-order valence-electron chi connectivity index (χ3n) is 3.26. The number of aryl methyl sites for hydroxylation is 1. The Kier molecular flexibility index (Phi) is 5.65. The summed E-state index contributed by atoms with van der Waals surface area (Å²) < 4.78 is 42.3. The van der Waals surface area contributed by atoms with Crippen molar-refractivity contribution in [2.75, 3.05) is 19.5 Å². The van der Waals surface area contributed by atoms with E-state index in [-0.39, 0.29) is 16.5 Å². The predicted molar refractivity (Wildman–Crippen MR) is 89.2 cm³/mol. The van der Waals surface area contributed by atoms with Crippen molar-refractivity contribution in [2.45, 2.75) is 24.8 Å².